The molecule has 1 N–H and O–H groups in total. The maximum Gasteiger partial charge on any atom is 0.217 e. The second kappa shape index (κ2) is 9.01. The number of benzene rings is 1. The molecule has 1 saturated heterocycles. The van der Waals surface area contributed by atoms with Crippen LogP contribution in [0, 0.1) is 11.8 Å². The number of carbonyl (C=O) groups excluding carboxylic acids is 1. The molecule has 0 bridgehead atoms. The maximum absolute atomic E-state index is 11.5. The first kappa shape index (κ1) is 19.4. The lowest BCUT2D eigenvalue weighted by Gasteiger charge is -2.37. The van der Waals surface area contributed by atoms with E-state index in [1.165, 1.54) is 30.4 Å². The number of nitrogens with zero attached hydrogens (tertiary/aromatic N) is 1. The average Bonchev–Trinajstić information content (AvgIpc) is 3.01. The number of amides is 1. The Hall–Kier alpha value is -1.39. The predicted molar refractivity (Wildman–Crippen MR) is 105 cm³/mol. The Morgan fingerprint density at radius 2 is 1.81 bits per heavy atom. The normalized spacial score (nSPS) is 28.7. The van der Waals surface area contributed by atoms with Gasteiger partial charge in [-0.25, -0.2) is 0 Å². The van der Waals surface area contributed by atoms with Crippen LogP contribution in [0.25, 0.3) is 0 Å². The molecule has 1 aliphatic heterocycles. The van der Waals surface area contributed by atoms with E-state index >= 15 is 0 Å². The molecular weight excluding hydrogens is 324 g/mol. The van der Waals surface area contributed by atoms with Gasteiger partial charge in [-0.15, -0.1) is 0 Å². The van der Waals surface area contributed by atoms with Crippen molar-refractivity contribution in [2.24, 2.45) is 11.8 Å². The molecule has 1 aliphatic carbocycles. The molecular formula is C22H34N2O2. The molecule has 1 amide bonds. The van der Waals surface area contributed by atoms with Crippen molar-refractivity contribution >= 4 is 5.91 Å². The van der Waals surface area contributed by atoms with Gasteiger partial charge in [0.1, 0.15) is 0 Å². The SMILES string of the molecule is CCCCc1ccc(CN2C[C@H]3C[C@@H](NC(C)=O)[C@H](OC)C[C@H]3C2)cc1. The third kappa shape index (κ3) is 4.86. The van der Waals surface area contributed by atoms with Crippen LogP contribution in [0.1, 0.15) is 50.7 Å². The fraction of sp³-hybridized carbons (Fsp3) is 0.682. The lowest BCUT2D eigenvalue weighted by molar-refractivity contribution is -0.121. The van der Waals surface area contributed by atoms with Crippen molar-refractivity contribution in [1.82, 2.24) is 10.2 Å². The van der Waals surface area contributed by atoms with Gasteiger partial charge in [-0.1, -0.05) is 37.6 Å². The number of likely N-dealkylation sites (tertiary alicyclic amines) is 1. The third-order valence-electron chi connectivity index (χ3n) is 6.13. The predicted octanol–water partition coefficient (Wildman–Crippen LogP) is 3.39. The van der Waals surface area contributed by atoms with E-state index in [-0.39, 0.29) is 18.1 Å². The number of hydrogen-bond acceptors (Lipinski definition) is 3. The second-order valence-corrected chi connectivity index (χ2v) is 8.19. The summed E-state index contributed by atoms with van der Waals surface area (Å²) in [6, 6.07) is 9.34. The summed E-state index contributed by atoms with van der Waals surface area (Å²) in [7, 11) is 1.77. The van der Waals surface area contributed by atoms with E-state index in [1.54, 1.807) is 14.0 Å². The highest BCUT2D eigenvalue weighted by atomic mass is 16.5. The van der Waals surface area contributed by atoms with Crippen LogP contribution in [0.3, 0.4) is 0 Å². The number of methoxy groups -OCH3 is 1. The van der Waals surface area contributed by atoms with Gasteiger partial charge in [0.15, 0.2) is 0 Å². The van der Waals surface area contributed by atoms with Gasteiger partial charge in [-0.2, -0.15) is 0 Å². The minimum absolute atomic E-state index is 0.0496. The van der Waals surface area contributed by atoms with Gasteiger partial charge < -0.3 is 10.1 Å². The zero-order valence-corrected chi connectivity index (χ0v) is 16.5. The first-order valence-corrected chi connectivity index (χ1v) is 10.2. The van der Waals surface area contributed by atoms with Gasteiger partial charge in [-0.05, 0) is 48.6 Å². The molecule has 1 saturated carbocycles. The van der Waals surface area contributed by atoms with Crippen LogP contribution in [0.5, 0.6) is 0 Å². The highest BCUT2D eigenvalue weighted by molar-refractivity contribution is 5.73. The van der Waals surface area contributed by atoms with E-state index in [0.29, 0.717) is 11.8 Å². The molecule has 0 radical (unpaired) electrons. The molecule has 4 atom stereocenters. The summed E-state index contributed by atoms with van der Waals surface area (Å²) in [5.41, 5.74) is 2.86. The number of fused-ring (bicyclic) bond motifs is 1. The van der Waals surface area contributed by atoms with Gasteiger partial charge in [0.05, 0.1) is 12.1 Å². The Labute approximate surface area is 158 Å². The fourth-order valence-electron chi connectivity index (χ4n) is 4.76. The Kier molecular flexibility index (Phi) is 6.71. The van der Waals surface area contributed by atoms with Gasteiger partial charge in [0, 0.05) is 33.7 Å². The second-order valence-electron chi connectivity index (χ2n) is 8.19. The molecule has 4 nitrogen and oxygen atoms in total. The van der Waals surface area contributed by atoms with E-state index in [2.05, 4.69) is 41.4 Å². The Morgan fingerprint density at radius 3 is 2.42 bits per heavy atom. The van der Waals surface area contributed by atoms with Crippen molar-refractivity contribution in [3.05, 3.63) is 35.4 Å². The number of unbranched alkanes of at least 4 members (excludes halogenated alkanes) is 1. The van der Waals surface area contributed by atoms with Crippen LogP contribution in [-0.2, 0) is 22.5 Å². The fourth-order valence-corrected chi connectivity index (χ4v) is 4.76. The smallest absolute Gasteiger partial charge is 0.217 e. The lowest BCUT2D eigenvalue weighted by atomic mass is 9.77. The summed E-state index contributed by atoms with van der Waals surface area (Å²) in [4.78, 5) is 14.1. The van der Waals surface area contributed by atoms with Crippen molar-refractivity contribution in [3.8, 4) is 0 Å². The molecule has 4 heteroatoms. The molecule has 0 unspecified atom stereocenters. The number of ether oxygens (including phenoxy) is 1. The van der Waals surface area contributed by atoms with Crippen molar-refractivity contribution in [1.29, 1.82) is 0 Å². The molecule has 0 aromatic heterocycles. The molecule has 2 aliphatic rings. The molecule has 2 fully saturated rings. The monoisotopic (exact) mass is 358 g/mol. The van der Waals surface area contributed by atoms with Crippen LogP contribution in [-0.4, -0.2) is 43.2 Å². The standard InChI is InChI=1S/C22H34N2O2/c1-4-5-6-17-7-9-18(10-8-17)13-24-14-19-11-21(23-16(2)25)22(26-3)12-20(19)15-24/h7-10,19-22H,4-6,11-15H2,1-3H3,(H,23,25)/t19-,20+,21-,22-/m1/s1. The van der Waals surface area contributed by atoms with Crippen LogP contribution in [0.15, 0.2) is 24.3 Å². The van der Waals surface area contributed by atoms with Crippen LogP contribution < -0.4 is 5.32 Å². The van der Waals surface area contributed by atoms with Crippen molar-refractivity contribution < 1.29 is 9.53 Å². The van der Waals surface area contributed by atoms with E-state index in [1.807, 2.05) is 0 Å². The van der Waals surface area contributed by atoms with Crippen molar-refractivity contribution in [3.63, 3.8) is 0 Å². The highest BCUT2D eigenvalue weighted by Crippen LogP contribution is 2.38. The van der Waals surface area contributed by atoms with E-state index in [4.69, 9.17) is 4.74 Å². The molecule has 144 valence electrons. The molecule has 3 rings (SSSR count). The molecule has 1 heterocycles. The minimum Gasteiger partial charge on any atom is -0.379 e. The topological polar surface area (TPSA) is 41.6 Å². The minimum atomic E-state index is 0.0496. The Balaban J connectivity index is 1.55. The molecule has 26 heavy (non-hydrogen) atoms. The number of aryl methyl sites for hydroxylation is 1. The van der Waals surface area contributed by atoms with Crippen molar-refractivity contribution in [2.45, 2.75) is 64.6 Å². The summed E-state index contributed by atoms with van der Waals surface area (Å²) in [6.07, 6.45) is 5.95. The zero-order valence-electron chi connectivity index (χ0n) is 16.5. The first-order valence-electron chi connectivity index (χ1n) is 10.2. The summed E-state index contributed by atoms with van der Waals surface area (Å²) >= 11 is 0. The summed E-state index contributed by atoms with van der Waals surface area (Å²) in [6.45, 7) is 7.16. The molecule has 1 aromatic rings. The maximum atomic E-state index is 11.5. The summed E-state index contributed by atoms with van der Waals surface area (Å²) in [5, 5.41) is 3.10. The molecule has 1 aromatic carbocycles. The van der Waals surface area contributed by atoms with Crippen LogP contribution in [0.4, 0.5) is 0 Å². The zero-order chi connectivity index (χ0) is 18.5. The Bertz CT molecular complexity index is 586. The van der Waals surface area contributed by atoms with Crippen LogP contribution >= 0.6 is 0 Å². The Morgan fingerprint density at radius 1 is 1.15 bits per heavy atom. The van der Waals surface area contributed by atoms with E-state index < -0.39 is 0 Å². The summed E-state index contributed by atoms with van der Waals surface area (Å²) in [5.74, 6) is 1.41. The first-order chi connectivity index (χ1) is 12.6. The van der Waals surface area contributed by atoms with Crippen LogP contribution in [0.2, 0.25) is 0 Å². The third-order valence-corrected chi connectivity index (χ3v) is 6.13. The van der Waals surface area contributed by atoms with Gasteiger partial charge in [-0.3, -0.25) is 9.69 Å². The highest BCUT2D eigenvalue weighted by Gasteiger charge is 2.42. The number of hydrogen-bond donors (Lipinski definition) is 1. The largest absolute Gasteiger partial charge is 0.379 e. The lowest BCUT2D eigenvalue weighted by Crippen LogP contribution is -2.49. The number of carbonyl (C=O) groups is 1. The molecule has 0 spiro atoms. The van der Waals surface area contributed by atoms with E-state index in [9.17, 15) is 4.79 Å². The average molecular weight is 359 g/mol. The van der Waals surface area contributed by atoms with Crippen molar-refractivity contribution in [2.75, 3.05) is 20.2 Å². The van der Waals surface area contributed by atoms with Gasteiger partial charge >= 0.3 is 0 Å². The van der Waals surface area contributed by atoms with Gasteiger partial charge in [0.25, 0.3) is 0 Å². The quantitative estimate of drug-likeness (QED) is 0.812. The van der Waals surface area contributed by atoms with Gasteiger partial charge in [0.2, 0.25) is 5.91 Å². The number of nitrogens with one attached hydrogen (secondary N) is 1. The number of rotatable bonds is 7. The summed E-state index contributed by atoms with van der Waals surface area (Å²) < 4.78 is 5.68. The van der Waals surface area contributed by atoms with E-state index in [0.717, 1.165) is 32.5 Å².